The molecule has 5 nitrogen and oxygen atoms in total. The maximum atomic E-state index is 12.8. The molecule has 0 amide bonds. The van der Waals surface area contributed by atoms with E-state index in [4.69, 9.17) is 9.16 Å². The zero-order valence-electron chi connectivity index (χ0n) is 22.1. The van der Waals surface area contributed by atoms with Crippen LogP contribution in [0.3, 0.4) is 0 Å². The van der Waals surface area contributed by atoms with Gasteiger partial charge in [-0.25, -0.2) is 0 Å². The molecule has 0 aromatic carbocycles. The van der Waals surface area contributed by atoms with E-state index in [2.05, 4.69) is 72.0 Å². The third-order valence-corrected chi connectivity index (χ3v) is 15.4. The van der Waals surface area contributed by atoms with Crippen molar-refractivity contribution in [3.05, 3.63) is 35.6 Å². The van der Waals surface area contributed by atoms with E-state index in [1.54, 1.807) is 0 Å². The third-order valence-electron chi connectivity index (χ3n) is 11.0. The van der Waals surface area contributed by atoms with E-state index in [0.29, 0.717) is 6.42 Å². The van der Waals surface area contributed by atoms with Crippen LogP contribution in [0.5, 0.6) is 0 Å². The molecular formula is C28H42O5Si. The van der Waals surface area contributed by atoms with Gasteiger partial charge in [-0.1, -0.05) is 46.8 Å². The quantitative estimate of drug-likeness (QED) is 0.436. The van der Waals surface area contributed by atoms with Gasteiger partial charge in [-0.2, -0.15) is 0 Å². The fourth-order valence-electron chi connectivity index (χ4n) is 7.96. The van der Waals surface area contributed by atoms with Crippen LogP contribution in [0, 0.1) is 28.6 Å². The van der Waals surface area contributed by atoms with Gasteiger partial charge in [-0.3, -0.25) is 4.79 Å². The Balaban J connectivity index is 1.50. The van der Waals surface area contributed by atoms with Gasteiger partial charge in [0, 0.05) is 10.8 Å². The second-order valence-electron chi connectivity index (χ2n) is 13.6. The molecule has 4 aliphatic carbocycles. The largest absolute Gasteiger partial charge is 0.544 e. The molecule has 188 valence electrons. The highest BCUT2D eigenvalue weighted by Crippen LogP contribution is 2.75. The van der Waals surface area contributed by atoms with Crippen molar-refractivity contribution in [1.82, 2.24) is 0 Å². The van der Waals surface area contributed by atoms with E-state index in [1.807, 2.05) is 6.92 Å². The third kappa shape index (κ3) is 2.74. The molecule has 8 atom stereocenters. The number of ether oxygens (including phenoxy) is 1. The maximum absolute atomic E-state index is 12.8. The summed E-state index contributed by atoms with van der Waals surface area (Å²) in [5.74, 6) is 0.721. The van der Waals surface area contributed by atoms with Crippen molar-refractivity contribution in [3.63, 3.8) is 0 Å². The Kier molecular flexibility index (Phi) is 5.01. The molecule has 0 radical (unpaired) electrons. The number of aliphatic hydroxyl groups excluding tert-OH is 1. The minimum Gasteiger partial charge on any atom is -0.544 e. The first kappa shape index (κ1) is 24.5. The molecular weight excluding hydrogens is 444 g/mol. The highest BCUT2D eigenvalue weighted by Gasteiger charge is 2.81. The maximum Gasteiger partial charge on any atom is 0.250 e. The first-order valence-corrected chi connectivity index (χ1v) is 15.8. The van der Waals surface area contributed by atoms with Gasteiger partial charge in [0.15, 0.2) is 5.78 Å². The second kappa shape index (κ2) is 6.96. The van der Waals surface area contributed by atoms with E-state index in [-0.39, 0.29) is 39.9 Å². The fraction of sp³-hybridized carbons (Fsp3) is 0.750. The SMILES string of the molecule is C[C@@H]1C[C@H]2[C@@H]3CC=C4C=C(O[Si](C)(C)C(C)(C)C)C=C[C@]4(C)[C@@]34O[C@H]4C[C@]2(C)[C@@]1(O)C(=O)CO. The Morgan fingerprint density at radius 1 is 1.26 bits per heavy atom. The number of fused-ring (bicyclic) bond motifs is 3. The van der Waals surface area contributed by atoms with E-state index in [9.17, 15) is 15.0 Å². The summed E-state index contributed by atoms with van der Waals surface area (Å²) in [4.78, 5) is 12.8. The topological polar surface area (TPSA) is 79.3 Å². The summed E-state index contributed by atoms with van der Waals surface area (Å²) in [6.07, 6.45) is 11.3. The van der Waals surface area contributed by atoms with Crippen molar-refractivity contribution < 1.29 is 24.2 Å². The van der Waals surface area contributed by atoms with Crippen molar-refractivity contribution in [3.8, 4) is 0 Å². The Morgan fingerprint density at radius 2 is 1.94 bits per heavy atom. The van der Waals surface area contributed by atoms with Crippen LogP contribution in [0.25, 0.3) is 0 Å². The summed E-state index contributed by atoms with van der Waals surface area (Å²) < 4.78 is 13.3. The Bertz CT molecular complexity index is 1020. The van der Waals surface area contributed by atoms with Gasteiger partial charge in [-0.15, -0.1) is 0 Å². The average molecular weight is 487 g/mol. The predicted octanol–water partition coefficient (Wildman–Crippen LogP) is 4.91. The van der Waals surface area contributed by atoms with Crippen LogP contribution in [0.2, 0.25) is 18.1 Å². The second-order valence-corrected chi connectivity index (χ2v) is 18.3. The molecule has 6 heteroatoms. The van der Waals surface area contributed by atoms with Crippen LogP contribution in [0.4, 0.5) is 0 Å². The number of aliphatic hydroxyl groups is 2. The average Bonchev–Trinajstić information content (AvgIpc) is 3.42. The molecule has 1 aliphatic heterocycles. The van der Waals surface area contributed by atoms with Gasteiger partial charge in [0.05, 0.1) is 6.10 Å². The number of rotatable bonds is 4. The molecule has 3 fully saturated rings. The van der Waals surface area contributed by atoms with E-state index >= 15 is 0 Å². The number of Topliss-reactive ketones (excluding diaryl/α,β-unsaturated/α-hetero) is 1. The summed E-state index contributed by atoms with van der Waals surface area (Å²) >= 11 is 0. The first-order chi connectivity index (χ1) is 15.6. The molecule has 5 aliphatic rings. The van der Waals surface area contributed by atoms with Gasteiger partial charge in [0.1, 0.15) is 23.6 Å². The number of hydrogen-bond donors (Lipinski definition) is 2. The first-order valence-electron chi connectivity index (χ1n) is 12.9. The number of carbonyl (C=O) groups is 1. The molecule has 1 spiro atoms. The van der Waals surface area contributed by atoms with Crippen LogP contribution in [-0.4, -0.2) is 48.2 Å². The highest BCUT2D eigenvalue weighted by atomic mass is 28.4. The summed E-state index contributed by atoms with van der Waals surface area (Å²) in [7, 11) is -1.94. The van der Waals surface area contributed by atoms with Crippen molar-refractivity contribution in [1.29, 1.82) is 0 Å². The van der Waals surface area contributed by atoms with Gasteiger partial charge in [0.25, 0.3) is 0 Å². The minimum absolute atomic E-state index is 0.00308. The Hall–Kier alpha value is -1.21. The standard InChI is InChI=1S/C28H42O5Si/c1-17-13-21-20-10-9-18-14-19(33-34(7,8)24(2,3)4)11-12-25(18,5)28(20)23(32-28)15-26(21,6)27(17,31)22(30)16-29/h9,11-12,14,17,20-21,23,29,31H,10,13,15-16H2,1-8H3/t17-,20+,21+,23+,25+,26+,27+,28-/m1/s1. The fourth-order valence-corrected chi connectivity index (χ4v) is 8.98. The highest BCUT2D eigenvalue weighted by molar-refractivity contribution is 6.74. The lowest BCUT2D eigenvalue weighted by Gasteiger charge is -2.54. The van der Waals surface area contributed by atoms with Crippen molar-refractivity contribution in [2.75, 3.05) is 6.61 Å². The molecule has 0 aromatic heterocycles. The van der Waals surface area contributed by atoms with Crippen LogP contribution in [0.15, 0.2) is 35.6 Å². The van der Waals surface area contributed by atoms with Crippen LogP contribution in [-0.2, 0) is 14.0 Å². The molecule has 34 heavy (non-hydrogen) atoms. The molecule has 5 rings (SSSR count). The molecule has 1 heterocycles. The normalized spacial score (nSPS) is 47.0. The van der Waals surface area contributed by atoms with E-state index in [1.165, 1.54) is 5.57 Å². The lowest BCUT2D eigenvalue weighted by molar-refractivity contribution is -0.165. The molecule has 0 aromatic rings. The Morgan fingerprint density at radius 3 is 2.56 bits per heavy atom. The smallest absolute Gasteiger partial charge is 0.250 e. The zero-order chi connectivity index (χ0) is 25.1. The number of ketones is 1. The summed E-state index contributed by atoms with van der Waals surface area (Å²) in [5, 5.41) is 21.5. The van der Waals surface area contributed by atoms with Crippen molar-refractivity contribution >= 4 is 14.1 Å². The van der Waals surface area contributed by atoms with Gasteiger partial charge < -0.3 is 19.4 Å². The van der Waals surface area contributed by atoms with Crippen molar-refractivity contribution in [2.24, 2.45) is 28.6 Å². The summed E-state index contributed by atoms with van der Waals surface area (Å²) in [6.45, 7) is 17.0. The Labute approximate surface area is 205 Å². The number of epoxide rings is 1. The number of carbonyl (C=O) groups excluding carboxylic acids is 1. The molecule has 0 bridgehead atoms. The minimum atomic E-state index is -1.94. The molecule has 1 saturated heterocycles. The summed E-state index contributed by atoms with van der Waals surface area (Å²) in [5.41, 5.74) is -1.38. The molecule has 2 N–H and O–H groups in total. The molecule has 0 unspecified atom stereocenters. The predicted molar refractivity (Wildman–Crippen MR) is 134 cm³/mol. The molecule has 2 saturated carbocycles. The van der Waals surface area contributed by atoms with Crippen LogP contribution in [0.1, 0.15) is 60.8 Å². The van der Waals surface area contributed by atoms with Gasteiger partial charge in [0.2, 0.25) is 8.32 Å². The number of allylic oxidation sites excluding steroid dienone is 3. The summed E-state index contributed by atoms with van der Waals surface area (Å²) in [6, 6.07) is 0. The van der Waals surface area contributed by atoms with Crippen LogP contribution < -0.4 is 0 Å². The monoisotopic (exact) mass is 486 g/mol. The lowest BCUT2D eigenvalue weighted by Crippen LogP contribution is -2.62. The van der Waals surface area contributed by atoms with Gasteiger partial charge in [-0.05, 0) is 79.8 Å². The number of hydrogen-bond acceptors (Lipinski definition) is 5. The lowest BCUT2D eigenvalue weighted by atomic mass is 9.48. The van der Waals surface area contributed by atoms with Crippen LogP contribution >= 0.6 is 0 Å². The van der Waals surface area contributed by atoms with E-state index < -0.39 is 31.7 Å². The van der Waals surface area contributed by atoms with Crippen molar-refractivity contribution in [2.45, 2.75) is 96.2 Å². The van der Waals surface area contributed by atoms with Gasteiger partial charge >= 0.3 is 0 Å². The zero-order valence-corrected chi connectivity index (χ0v) is 23.1. The van der Waals surface area contributed by atoms with E-state index in [0.717, 1.165) is 18.6 Å².